The van der Waals surface area contributed by atoms with Crippen molar-refractivity contribution in [2.45, 2.75) is 65.0 Å². The number of methoxy groups -OCH3 is 1. The maximum Gasteiger partial charge on any atom is 0.161 e. The Morgan fingerprint density at radius 1 is 1.08 bits per heavy atom. The summed E-state index contributed by atoms with van der Waals surface area (Å²) >= 11 is 0. The van der Waals surface area contributed by atoms with Crippen molar-refractivity contribution in [3.8, 4) is 11.5 Å². The molecule has 1 atom stereocenters. The van der Waals surface area contributed by atoms with Crippen molar-refractivity contribution in [2.24, 2.45) is 23.2 Å². The van der Waals surface area contributed by atoms with Gasteiger partial charge in [0.05, 0.1) is 13.7 Å². The van der Waals surface area contributed by atoms with Crippen LogP contribution in [0.2, 0.25) is 0 Å². The molecule has 3 nitrogen and oxygen atoms in total. The molecule has 4 aliphatic carbocycles. The van der Waals surface area contributed by atoms with E-state index < -0.39 is 0 Å². The first-order chi connectivity index (χ1) is 12.1. The number of hydrogen-bond donors (Lipinski definition) is 1. The second-order valence-electron chi connectivity index (χ2n) is 8.80. The zero-order chi connectivity index (χ0) is 17.4. The molecule has 3 heteroatoms. The zero-order valence-corrected chi connectivity index (χ0v) is 16.0. The average Bonchev–Trinajstić information content (AvgIpc) is 2.59. The first kappa shape index (κ1) is 17.2. The maximum atomic E-state index is 5.72. The molecule has 138 valence electrons. The summed E-state index contributed by atoms with van der Waals surface area (Å²) in [5, 5.41) is 3.87. The summed E-state index contributed by atoms with van der Waals surface area (Å²) in [4.78, 5) is 0. The minimum absolute atomic E-state index is 0.559. The van der Waals surface area contributed by atoms with Gasteiger partial charge in [0, 0.05) is 12.6 Å². The Hall–Kier alpha value is -1.22. The van der Waals surface area contributed by atoms with Crippen molar-refractivity contribution in [1.29, 1.82) is 0 Å². The second-order valence-corrected chi connectivity index (χ2v) is 8.80. The van der Waals surface area contributed by atoms with Crippen molar-refractivity contribution < 1.29 is 9.47 Å². The van der Waals surface area contributed by atoms with Crippen LogP contribution in [-0.4, -0.2) is 19.8 Å². The van der Waals surface area contributed by atoms with Crippen LogP contribution in [0.15, 0.2) is 18.2 Å². The van der Waals surface area contributed by atoms with Crippen molar-refractivity contribution in [3.05, 3.63) is 23.8 Å². The summed E-state index contributed by atoms with van der Waals surface area (Å²) in [6, 6.07) is 6.90. The van der Waals surface area contributed by atoms with E-state index in [0.29, 0.717) is 18.1 Å². The molecule has 4 bridgehead atoms. The zero-order valence-electron chi connectivity index (χ0n) is 16.0. The summed E-state index contributed by atoms with van der Waals surface area (Å²) in [6.45, 7) is 6.02. The monoisotopic (exact) mass is 343 g/mol. The van der Waals surface area contributed by atoms with Crippen LogP contribution < -0.4 is 14.8 Å². The molecule has 0 saturated heterocycles. The predicted octanol–water partition coefficient (Wildman–Crippen LogP) is 4.79. The molecule has 4 fully saturated rings. The van der Waals surface area contributed by atoms with Gasteiger partial charge in [0.15, 0.2) is 11.5 Å². The molecule has 4 aliphatic rings. The highest BCUT2D eigenvalue weighted by atomic mass is 16.5. The normalized spacial score (nSPS) is 34.1. The average molecular weight is 344 g/mol. The Morgan fingerprint density at radius 2 is 1.72 bits per heavy atom. The number of benzene rings is 1. The molecule has 0 aliphatic heterocycles. The lowest BCUT2D eigenvalue weighted by Crippen LogP contribution is -2.54. The third-order valence-corrected chi connectivity index (χ3v) is 7.14. The molecule has 5 rings (SSSR count). The fraction of sp³-hybridized carbons (Fsp3) is 0.727. The van der Waals surface area contributed by atoms with E-state index in [-0.39, 0.29) is 0 Å². The molecule has 25 heavy (non-hydrogen) atoms. The van der Waals surface area contributed by atoms with E-state index in [1.165, 1.54) is 44.1 Å². The summed E-state index contributed by atoms with van der Waals surface area (Å²) in [5.74, 6) is 4.72. The van der Waals surface area contributed by atoms with E-state index in [4.69, 9.17) is 9.47 Å². The van der Waals surface area contributed by atoms with Gasteiger partial charge >= 0.3 is 0 Å². The standard InChI is InChI=1S/C22H33NO2/c1-4-25-21-10-16(5-6-20(21)24-3)14-23-15(2)22-11-17-7-18(12-22)9-19(8-17)13-22/h5-6,10,15,17-19,23H,4,7-9,11-14H2,1-3H3/t15-,17?,18?,19?,22?/m0/s1. The van der Waals surface area contributed by atoms with E-state index in [0.717, 1.165) is 35.8 Å². The summed E-state index contributed by atoms with van der Waals surface area (Å²) in [5.41, 5.74) is 1.84. The van der Waals surface area contributed by atoms with Crippen LogP contribution in [0.25, 0.3) is 0 Å². The number of ether oxygens (including phenoxy) is 2. The molecule has 1 N–H and O–H groups in total. The lowest BCUT2D eigenvalue weighted by molar-refractivity contribution is -0.0706. The molecule has 1 aromatic carbocycles. The Balaban J connectivity index is 1.42. The first-order valence-corrected chi connectivity index (χ1v) is 10.1. The topological polar surface area (TPSA) is 30.5 Å². The Kier molecular flexibility index (Phi) is 4.70. The van der Waals surface area contributed by atoms with E-state index in [9.17, 15) is 0 Å². The van der Waals surface area contributed by atoms with Crippen LogP contribution >= 0.6 is 0 Å². The van der Waals surface area contributed by atoms with E-state index in [1.54, 1.807) is 7.11 Å². The van der Waals surface area contributed by atoms with Gasteiger partial charge in [0.2, 0.25) is 0 Å². The smallest absolute Gasteiger partial charge is 0.161 e. The minimum atomic E-state index is 0.559. The predicted molar refractivity (Wildman–Crippen MR) is 101 cm³/mol. The SMILES string of the molecule is CCOc1cc(CN[C@@H](C)C23CC4CC(CC(C4)C2)C3)ccc1OC. The number of rotatable bonds is 7. The van der Waals surface area contributed by atoms with Crippen LogP contribution in [0.3, 0.4) is 0 Å². The van der Waals surface area contributed by atoms with Gasteiger partial charge in [0.1, 0.15) is 0 Å². The fourth-order valence-corrected chi connectivity index (χ4v) is 6.29. The van der Waals surface area contributed by atoms with Gasteiger partial charge in [-0.1, -0.05) is 6.07 Å². The van der Waals surface area contributed by atoms with Crippen molar-refractivity contribution in [2.75, 3.05) is 13.7 Å². The highest BCUT2D eigenvalue weighted by Crippen LogP contribution is 2.61. The van der Waals surface area contributed by atoms with Gasteiger partial charge in [0.25, 0.3) is 0 Å². The molecule has 4 saturated carbocycles. The molecular weight excluding hydrogens is 310 g/mol. The molecule has 0 radical (unpaired) electrons. The van der Waals surface area contributed by atoms with Crippen LogP contribution in [0, 0.1) is 23.2 Å². The highest BCUT2D eigenvalue weighted by Gasteiger charge is 2.52. The molecule has 0 amide bonds. The van der Waals surface area contributed by atoms with Crippen molar-refractivity contribution in [1.82, 2.24) is 5.32 Å². The van der Waals surface area contributed by atoms with Crippen molar-refractivity contribution >= 4 is 0 Å². The third-order valence-electron chi connectivity index (χ3n) is 7.14. The molecule has 0 unspecified atom stereocenters. The van der Waals surface area contributed by atoms with Gasteiger partial charge in [-0.3, -0.25) is 0 Å². The van der Waals surface area contributed by atoms with Gasteiger partial charge < -0.3 is 14.8 Å². The van der Waals surface area contributed by atoms with Crippen LogP contribution in [0.4, 0.5) is 0 Å². The maximum absolute atomic E-state index is 5.72. The van der Waals surface area contributed by atoms with E-state index >= 15 is 0 Å². The first-order valence-electron chi connectivity index (χ1n) is 10.1. The lowest BCUT2D eigenvalue weighted by Gasteiger charge is -2.59. The van der Waals surface area contributed by atoms with Gasteiger partial charge in [-0.2, -0.15) is 0 Å². The second kappa shape index (κ2) is 6.83. The Morgan fingerprint density at radius 3 is 2.28 bits per heavy atom. The fourth-order valence-electron chi connectivity index (χ4n) is 6.29. The van der Waals surface area contributed by atoms with Crippen molar-refractivity contribution in [3.63, 3.8) is 0 Å². The molecule has 0 spiro atoms. The van der Waals surface area contributed by atoms with Crippen LogP contribution in [0.5, 0.6) is 11.5 Å². The lowest BCUT2D eigenvalue weighted by atomic mass is 9.48. The largest absolute Gasteiger partial charge is 0.493 e. The van der Waals surface area contributed by atoms with Gasteiger partial charge in [-0.05, 0) is 93.2 Å². The minimum Gasteiger partial charge on any atom is -0.493 e. The molecule has 0 aromatic heterocycles. The number of nitrogens with one attached hydrogen (secondary N) is 1. The molecule has 1 aromatic rings. The summed E-state index contributed by atoms with van der Waals surface area (Å²) < 4.78 is 11.1. The Bertz CT molecular complexity index is 577. The van der Waals surface area contributed by atoms with Gasteiger partial charge in [-0.15, -0.1) is 0 Å². The quantitative estimate of drug-likeness (QED) is 0.772. The molecule has 0 heterocycles. The summed E-state index contributed by atoms with van der Waals surface area (Å²) in [6.07, 6.45) is 8.92. The van der Waals surface area contributed by atoms with Gasteiger partial charge in [-0.25, -0.2) is 0 Å². The highest BCUT2D eigenvalue weighted by molar-refractivity contribution is 5.43. The van der Waals surface area contributed by atoms with E-state index in [2.05, 4.69) is 24.4 Å². The Labute approximate surface area is 152 Å². The third kappa shape index (κ3) is 3.28. The molecular formula is C22H33NO2. The van der Waals surface area contributed by atoms with E-state index in [1.807, 2.05) is 13.0 Å². The number of hydrogen-bond acceptors (Lipinski definition) is 3. The van der Waals surface area contributed by atoms with Crippen LogP contribution in [-0.2, 0) is 6.54 Å². The summed E-state index contributed by atoms with van der Waals surface area (Å²) in [7, 11) is 1.70. The van der Waals surface area contributed by atoms with Crippen LogP contribution in [0.1, 0.15) is 57.9 Å².